The first kappa shape index (κ1) is 14.1. The maximum Gasteiger partial charge on any atom is 0.320 e. The monoisotopic (exact) mass is 255 g/mol. The number of ketones is 1. The molecular weight excluding hydrogens is 241 g/mol. The summed E-state index contributed by atoms with van der Waals surface area (Å²) in [6.07, 6.45) is 0. The van der Waals surface area contributed by atoms with Crippen LogP contribution in [0.4, 0.5) is 4.39 Å². The Kier molecular flexibility index (Phi) is 4.79. The van der Waals surface area contributed by atoms with E-state index in [2.05, 4.69) is 5.32 Å². The highest BCUT2D eigenvalue weighted by Gasteiger charge is 2.16. The van der Waals surface area contributed by atoms with Gasteiger partial charge in [-0.1, -0.05) is 0 Å². The highest BCUT2D eigenvalue weighted by atomic mass is 19.1. The fraction of sp³-hybridized carbons (Fsp3) is 0.333. The van der Waals surface area contributed by atoms with Gasteiger partial charge in [-0.15, -0.1) is 0 Å². The normalized spacial score (nSPS) is 11.9. The van der Waals surface area contributed by atoms with E-state index < -0.39 is 23.6 Å². The minimum atomic E-state index is -1.06. The van der Waals surface area contributed by atoms with E-state index in [1.807, 2.05) is 0 Å². The maximum absolute atomic E-state index is 13.0. The third kappa shape index (κ3) is 3.53. The van der Waals surface area contributed by atoms with Crippen LogP contribution in [0.15, 0.2) is 18.2 Å². The molecule has 1 unspecified atom stereocenters. The average molecular weight is 255 g/mol. The summed E-state index contributed by atoms with van der Waals surface area (Å²) in [5.74, 6) is -1.79. The largest absolute Gasteiger partial charge is 0.496 e. The zero-order valence-corrected chi connectivity index (χ0v) is 10.1. The topological polar surface area (TPSA) is 75.6 Å². The number of benzene rings is 1. The Morgan fingerprint density at radius 3 is 2.72 bits per heavy atom. The SMILES string of the molecule is COc1ccc(F)cc1C(=O)CNC(C)C(=O)O. The minimum absolute atomic E-state index is 0.0857. The molecule has 0 heterocycles. The van der Waals surface area contributed by atoms with Crippen LogP contribution in [0, 0.1) is 5.82 Å². The lowest BCUT2D eigenvalue weighted by molar-refractivity contribution is -0.138. The van der Waals surface area contributed by atoms with E-state index in [-0.39, 0.29) is 17.9 Å². The zero-order valence-electron chi connectivity index (χ0n) is 10.1. The Balaban J connectivity index is 2.78. The van der Waals surface area contributed by atoms with Crippen molar-refractivity contribution in [1.82, 2.24) is 5.32 Å². The first-order chi connectivity index (χ1) is 8.45. The lowest BCUT2D eigenvalue weighted by atomic mass is 10.1. The molecule has 1 atom stereocenters. The number of carboxylic acid groups (broad SMARTS) is 1. The molecule has 0 aromatic heterocycles. The average Bonchev–Trinajstić information content (AvgIpc) is 2.35. The number of carbonyl (C=O) groups excluding carboxylic acids is 1. The number of ether oxygens (including phenoxy) is 1. The van der Waals surface area contributed by atoms with E-state index >= 15 is 0 Å². The van der Waals surface area contributed by atoms with Gasteiger partial charge < -0.3 is 9.84 Å². The smallest absolute Gasteiger partial charge is 0.320 e. The van der Waals surface area contributed by atoms with Crippen molar-refractivity contribution in [2.75, 3.05) is 13.7 Å². The van der Waals surface area contributed by atoms with E-state index in [1.165, 1.54) is 26.2 Å². The second-order valence-corrected chi connectivity index (χ2v) is 3.71. The second-order valence-electron chi connectivity index (χ2n) is 3.71. The van der Waals surface area contributed by atoms with Crippen LogP contribution in [0.3, 0.4) is 0 Å². The van der Waals surface area contributed by atoms with E-state index in [0.29, 0.717) is 0 Å². The van der Waals surface area contributed by atoms with Gasteiger partial charge in [0.2, 0.25) is 0 Å². The Morgan fingerprint density at radius 2 is 2.17 bits per heavy atom. The molecule has 98 valence electrons. The summed E-state index contributed by atoms with van der Waals surface area (Å²) in [4.78, 5) is 22.4. The number of hydrogen-bond acceptors (Lipinski definition) is 4. The zero-order chi connectivity index (χ0) is 13.7. The van der Waals surface area contributed by atoms with E-state index in [1.54, 1.807) is 0 Å². The lowest BCUT2D eigenvalue weighted by Gasteiger charge is -2.10. The first-order valence-corrected chi connectivity index (χ1v) is 5.28. The van der Waals surface area contributed by atoms with Gasteiger partial charge in [0.05, 0.1) is 19.2 Å². The van der Waals surface area contributed by atoms with Crippen LogP contribution in [0.25, 0.3) is 0 Å². The van der Waals surface area contributed by atoms with Crippen LogP contribution in [0.2, 0.25) is 0 Å². The summed E-state index contributed by atoms with van der Waals surface area (Å²) < 4.78 is 18.0. The van der Waals surface area contributed by atoms with Gasteiger partial charge in [0.25, 0.3) is 0 Å². The summed E-state index contributed by atoms with van der Waals surface area (Å²) in [5.41, 5.74) is 0.0857. The molecule has 1 aromatic carbocycles. The highest BCUT2D eigenvalue weighted by molar-refractivity contribution is 6.00. The molecule has 1 aromatic rings. The predicted octanol–water partition coefficient (Wildman–Crippen LogP) is 1.08. The molecule has 1 rings (SSSR count). The Hall–Kier alpha value is -1.95. The van der Waals surface area contributed by atoms with Crippen molar-refractivity contribution in [3.63, 3.8) is 0 Å². The number of hydrogen-bond donors (Lipinski definition) is 2. The van der Waals surface area contributed by atoms with Gasteiger partial charge in [0.1, 0.15) is 17.6 Å². The van der Waals surface area contributed by atoms with Crippen LogP contribution in [-0.2, 0) is 4.79 Å². The fourth-order valence-corrected chi connectivity index (χ4v) is 1.33. The number of halogens is 1. The van der Waals surface area contributed by atoms with Crippen molar-refractivity contribution in [2.45, 2.75) is 13.0 Å². The van der Waals surface area contributed by atoms with Crippen LogP contribution in [-0.4, -0.2) is 36.6 Å². The summed E-state index contributed by atoms with van der Waals surface area (Å²) in [5, 5.41) is 11.2. The third-order valence-electron chi connectivity index (χ3n) is 2.40. The number of carboxylic acids is 1. The van der Waals surface area contributed by atoms with Gasteiger partial charge >= 0.3 is 5.97 Å². The number of aliphatic carboxylic acids is 1. The molecule has 0 saturated carbocycles. The molecule has 0 radical (unpaired) electrons. The quantitative estimate of drug-likeness (QED) is 0.744. The number of Topliss-reactive ketones (excluding diaryl/α,β-unsaturated/α-hetero) is 1. The molecule has 0 aliphatic heterocycles. The fourth-order valence-electron chi connectivity index (χ4n) is 1.33. The molecule has 5 nitrogen and oxygen atoms in total. The van der Waals surface area contributed by atoms with Gasteiger partial charge in [-0.2, -0.15) is 0 Å². The summed E-state index contributed by atoms with van der Waals surface area (Å²) in [7, 11) is 1.37. The molecule has 0 saturated heterocycles. The molecule has 0 spiro atoms. The summed E-state index contributed by atoms with van der Waals surface area (Å²) in [6, 6.07) is 2.74. The predicted molar refractivity (Wildman–Crippen MR) is 62.4 cm³/mol. The van der Waals surface area contributed by atoms with Crippen molar-refractivity contribution in [3.8, 4) is 5.75 Å². The maximum atomic E-state index is 13.0. The van der Waals surface area contributed by atoms with Crippen molar-refractivity contribution in [2.24, 2.45) is 0 Å². The number of rotatable bonds is 6. The van der Waals surface area contributed by atoms with Crippen molar-refractivity contribution < 1.29 is 23.8 Å². The number of methoxy groups -OCH3 is 1. The summed E-state index contributed by atoms with van der Waals surface area (Å²) in [6.45, 7) is 1.21. The number of carbonyl (C=O) groups is 2. The second kappa shape index (κ2) is 6.11. The molecular formula is C12H14FNO4. The van der Waals surface area contributed by atoms with Crippen molar-refractivity contribution >= 4 is 11.8 Å². The standard InChI is InChI=1S/C12H14FNO4/c1-7(12(16)17)14-6-10(15)9-5-8(13)3-4-11(9)18-2/h3-5,7,14H,6H2,1-2H3,(H,16,17). The van der Waals surface area contributed by atoms with Gasteiger partial charge in [0.15, 0.2) is 5.78 Å². The molecule has 18 heavy (non-hydrogen) atoms. The minimum Gasteiger partial charge on any atom is -0.496 e. The Bertz CT molecular complexity index is 461. The van der Waals surface area contributed by atoms with Gasteiger partial charge in [-0.3, -0.25) is 14.9 Å². The number of nitrogens with one attached hydrogen (secondary N) is 1. The van der Waals surface area contributed by atoms with E-state index in [4.69, 9.17) is 9.84 Å². The molecule has 6 heteroatoms. The molecule has 0 aliphatic rings. The molecule has 0 bridgehead atoms. The van der Waals surface area contributed by atoms with Crippen molar-refractivity contribution in [3.05, 3.63) is 29.6 Å². The molecule has 0 fully saturated rings. The molecule has 0 aliphatic carbocycles. The van der Waals surface area contributed by atoms with Crippen LogP contribution in [0.5, 0.6) is 5.75 Å². The first-order valence-electron chi connectivity index (χ1n) is 5.28. The van der Waals surface area contributed by atoms with E-state index in [0.717, 1.165) is 6.07 Å². The van der Waals surface area contributed by atoms with Gasteiger partial charge in [-0.25, -0.2) is 4.39 Å². The van der Waals surface area contributed by atoms with Gasteiger partial charge in [0, 0.05) is 0 Å². The van der Waals surface area contributed by atoms with Crippen LogP contribution >= 0.6 is 0 Å². The third-order valence-corrected chi connectivity index (χ3v) is 2.40. The van der Waals surface area contributed by atoms with E-state index in [9.17, 15) is 14.0 Å². The molecule has 0 amide bonds. The van der Waals surface area contributed by atoms with Crippen molar-refractivity contribution in [1.29, 1.82) is 0 Å². The molecule has 2 N–H and O–H groups in total. The highest BCUT2D eigenvalue weighted by Crippen LogP contribution is 2.19. The van der Waals surface area contributed by atoms with Crippen LogP contribution < -0.4 is 10.1 Å². The van der Waals surface area contributed by atoms with Gasteiger partial charge in [-0.05, 0) is 25.1 Å². The Morgan fingerprint density at radius 1 is 1.50 bits per heavy atom. The lowest BCUT2D eigenvalue weighted by Crippen LogP contribution is -2.37. The Labute approximate surface area is 104 Å². The van der Waals surface area contributed by atoms with Crippen LogP contribution in [0.1, 0.15) is 17.3 Å². The summed E-state index contributed by atoms with van der Waals surface area (Å²) >= 11 is 0.